The molecule has 0 bridgehead atoms. The second-order valence-corrected chi connectivity index (χ2v) is 6.40. The molecule has 1 aromatic heterocycles. The largest absolute Gasteiger partial charge is 0.493 e. The lowest BCUT2D eigenvalue weighted by molar-refractivity contribution is -0.122. The first-order valence-electron chi connectivity index (χ1n) is 9.14. The molecule has 5 nitrogen and oxygen atoms in total. The standard InChI is InChI=1S/C23H24N2O3/c1-27-21-12-11-17(14-22(21)28-2)16-25-23(26)20(18-8-4-3-5-9-18)15-19-10-6-7-13-24-19/h3-14,20H,15-16H2,1-2H3,(H,25,26). The third-order valence-electron chi connectivity index (χ3n) is 4.57. The first-order valence-corrected chi connectivity index (χ1v) is 9.14. The quantitative estimate of drug-likeness (QED) is 0.651. The van der Waals surface area contributed by atoms with Crippen LogP contribution in [0.25, 0.3) is 0 Å². The van der Waals surface area contributed by atoms with Crippen molar-refractivity contribution in [3.8, 4) is 11.5 Å². The minimum atomic E-state index is -0.309. The van der Waals surface area contributed by atoms with E-state index < -0.39 is 0 Å². The van der Waals surface area contributed by atoms with Crippen LogP contribution in [0.1, 0.15) is 22.7 Å². The molecule has 0 fully saturated rings. The third-order valence-corrected chi connectivity index (χ3v) is 4.57. The van der Waals surface area contributed by atoms with Crippen LogP contribution in [-0.4, -0.2) is 25.1 Å². The van der Waals surface area contributed by atoms with E-state index in [0.717, 1.165) is 16.8 Å². The Labute approximate surface area is 165 Å². The molecule has 1 atom stereocenters. The normalized spacial score (nSPS) is 11.5. The molecule has 0 saturated carbocycles. The summed E-state index contributed by atoms with van der Waals surface area (Å²) >= 11 is 0. The Kier molecular flexibility index (Phi) is 6.63. The average Bonchev–Trinajstić information content (AvgIpc) is 2.76. The van der Waals surface area contributed by atoms with E-state index in [1.165, 1.54) is 0 Å². The zero-order chi connectivity index (χ0) is 19.8. The summed E-state index contributed by atoms with van der Waals surface area (Å²) in [5.74, 6) is 0.958. The number of nitrogens with one attached hydrogen (secondary N) is 1. The van der Waals surface area contributed by atoms with Crippen LogP contribution in [0.4, 0.5) is 0 Å². The highest BCUT2D eigenvalue weighted by Gasteiger charge is 2.21. The van der Waals surface area contributed by atoms with Crippen molar-refractivity contribution >= 4 is 5.91 Å². The summed E-state index contributed by atoms with van der Waals surface area (Å²) in [4.78, 5) is 17.4. The summed E-state index contributed by atoms with van der Waals surface area (Å²) in [6, 6.07) is 21.2. The molecule has 0 aliphatic rings. The maximum atomic E-state index is 13.0. The maximum absolute atomic E-state index is 13.0. The lowest BCUT2D eigenvalue weighted by Gasteiger charge is -2.17. The summed E-state index contributed by atoms with van der Waals surface area (Å²) < 4.78 is 10.6. The molecule has 1 unspecified atom stereocenters. The summed E-state index contributed by atoms with van der Waals surface area (Å²) in [7, 11) is 3.19. The predicted octanol–water partition coefficient (Wildman–Crippen LogP) is 3.74. The number of aromatic nitrogens is 1. The van der Waals surface area contributed by atoms with Gasteiger partial charge in [0.05, 0.1) is 20.1 Å². The van der Waals surface area contributed by atoms with Gasteiger partial charge in [-0.15, -0.1) is 0 Å². The molecule has 144 valence electrons. The molecule has 0 spiro atoms. The number of rotatable bonds is 8. The van der Waals surface area contributed by atoms with Crippen LogP contribution in [0.3, 0.4) is 0 Å². The average molecular weight is 376 g/mol. The van der Waals surface area contributed by atoms with Gasteiger partial charge in [0.15, 0.2) is 11.5 Å². The van der Waals surface area contributed by atoms with Gasteiger partial charge >= 0.3 is 0 Å². The third kappa shape index (κ3) is 4.88. The van der Waals surface area contributed by atoms with E-state index >= 15 is 0 Å². The van der Waals surface area contributed by atoms with Crippen LogP contribution < -0.4 is 14.8 Å². The molecule has 0 radical (unpaired) electrons. The van der Waals surface area contributed by atoms with Gasteiger partial charge in [0.25, 0.3) is 0 Å². The van der Waals surface area contributed by atoms with Gasteiger partial charge in [-0.3, -0.25) is 9.78 Å². The molecule has 3 aromatic rings. The Hall–Kier alpha value is -3.34. The monoisotopic (exact) mass is 376 g/mol. The lowest BCUT2D eigenvalue weighted by Crippen LogP contribution is -2.30. The van der Waals surface area contributed by atoms with Gasteiger partial charge in [-0.25, -0.2) is 0 Å². The first-order chi connectivity index (χ1) is 13.7. The van der Waals surface area contributed by atoms with E-state index in [4.69, 9.17) is 9.47 Å². The number of nitrogens with zero attached hydrogens (tertiary/aromatic N) is 1. The van der Waals surface area contributed by atoms with Crippen molar-refractivity contribution in [2.75, 3.05) is 14.2 Å². The van der Waals surface area contributed by atoms with E-state index in [0.29, 0.717) is 24.5 Å². The Balaban J connectivity index is 1.74. The molecule has 28 heavy (non-hydrogen) atoms. The van der Waals surface area contributed by atoms with E-state index in [1.807, 2.05) is 66.7 Å². The highest BCUT2D eigenvalue weighted by molar-refractivity contribution is 5.83. The van der Waals surface area contributed by atoms with E-state index in [9.17, 15) is 4.79 Å². The topological polar surface area (TPSA) is 60.5 Å². The van der Waals surface area contributed by atoms with E-state index in [2.05, 4.69) is 10.3 Å². The van der Waals surface area contributed by atoms with Gasteiger partial charge in [-0.05, 0) is 35.4 Å². The number of amides is 1. The van der Waals surface area contributed by atoms with Gasteiger partial charge in [-0.2, -0.15) is 0 Å². The number of pyridine rings is 1. The number of ether oxygens (including phenoxy) is 2. The zero-order valence-electron chi connectivity index (χ0n) is 16.1. The Morgan fingerprint density at radius 1 is 0.964 bits per heavy atom. The molecular weight excluding hydrogens is 352 g/mol. The Morgan fingerprint density at radius 3 is 2.39 bits per heavy atom. The lowest BCUT2D eigenvalue weighted by atomic mass is 9.93. The van der Waals surface area contributed by atoms with Crippen molar-refractivity contribution in [2.24, 2.45) is 0 Å². The summed E-state index contributed by atoms with van der Waals surface area (Å²) in [5.41, 5.74) is 2.80. The minimum absolute atomic E-state index is 0.0355. The zero-order valence-corrected chi connectivity index (χ0v) is 16.1. The van der Waals surface area contributed by atoms with E-state index in [1.54, 1.807) is 20.4 Å². The molecule has 5 heteroatoms. The molecule has 2 aromatic carbocycles. The first kappa shape index (κ1) is 19.4. The molecular formula is C23H24N2O3. The maximum Gasteiger partial charge on any atom is 0.228 e. The van der Waals surface area contributed by atoms with Crippen LogP contribution >= 0.6 is 0 Å². The Bertz CT molecular complexity index is 898. The van der Waals surface area contributed by atoms with Crippen LogP contribution in [0.15, 0.2) is 72.9 Å². The van der Waals surface area contributed by atoms with Crippen molar-refractivity contribution in [1.82, 2.24) is 10.3 Å². The number of carbonyl (C=O) groups excluding carboxylic acids is 1. The number of hydrogen-bond donors (Lipinski definition) is 1. The highest BCUT2D eigenvalue weighted by atomic mass is 16.5. The van der Waals surface area contributed by atoms with Gasteiger partial charge in [0, 0.05) is 24.9 Å². The number of benzene rings is 2. The van der Waals surface area contributed by atoms with Crippen molar-refractivity contribution in [2.45, 2.75) is 18.9 Å². The van der Waals surface area contributed by atoms with Crippen LogP contribution in [0.2, 0.25) is 0 Å². The molecule has 0 saturated heterocycles. The summed E-state index contributed by atoms with van der Waals surface area (Å²) in [5, 5.41) is 3.04. The number of carbonyl (C=O) groups is 1. The number of hydrogen-bond acceptors (Lipinski definition) is 4. The fourth-order valence-electron chi connectivity index (χ4n) is 3.08. The van der Waals surface area contributed by atoms with Gasteiger partial charge in [0.2, 0.25) is 5.91 Å². The van der Waals surface area contributed by atoms with Gasteiger partial charge < -0.3 is 14.8 Å². The van der Waals surface area contributed by atoms with Crippen LogP contribution in [0.5, 0.6) is 11.5 Å². The number of methoxy groups -OCH3 is 2. The second kappa shape index (κ2) is 9.55. The van der Waals surface area contributed by atoms with E-state index in [-0.39, 0.29) is 11.8 Å². The second-order valence-electron chi connectivity index (χ2n) is 6.40. The highest BCUT2D eigenvalue weighted by Crippen LogP contribution is 2.27. The van der Waals surface area contributed by atoms with Crippen molar-refractivity contribution in [3.05, 3.63) is 89.7 Å². The fraction of sp³-hybridized carbons (Fsp3) is 0.217. The van der Waals surface area contributed by atoms with Crippen molar-refractivity contribution in [3.63, 3.8) is 0 Å². The molecule has 1 N–H and O–H groups in total. The SMILES string of the molecule is COc1ccc(CNC(=O)C(Cc2ccccn2)c2ccccc2)cc1OC. The molecule has 0 aliphatic heterocycles. The van der Waals surface area contributed by atoms with Gasteiger partial charge in [0.1, 0.15) is 0 Å². The minimum Gasteiger partial charge on any atom is -0.493 e. The summed E-state index contributed by atoms with van der Waals surface area (Å²) in [6.45, 7) is 0.407. The van der Waals surface area contributed by atoms with Crippen LogP contribution in [0, 0.1) is 0 Å². The molecule has 1 heterocycles. The predicted molar refractivity (Wildman–Crippen MR) is 109 cm³/mol. The van der Waals surface area contributed by atoms with Crippen molar-refractivity contribution < 1.29 is 14.3 Å². The molecule has 0 aliphatic carbocycles. The fourth-order valence-corrected chi connectivity index (χ4v) is 3.08. The van der Waals surface area contributed by atoms with Gasteiger partial charge in [-0.1, -0.05) is 42.5 Å². The van der Waals surface area contributed by atoms with Crippen molar-refractivity contribution in [1.29, 1.82) is 0 Å². The smallest absolute Gasteiger partial charge is 0.228 e. The molecule has 1 amide bonds. The summed E-state index contributed by atoms with van der Waals surface area (Å²) in [6.07, 6.45) is 2.29. The van der Waals surface area contributed by atoms with Crippen LogP contribution in [-0.2, 0) is 17.8 Å². The Morgan fingerprint density at radius 2 is 1.71 bits per heavy atom. The molecule has 3 rings (SSSR count).